The van der Waals surface area contributed by atoms with E-state index in [-0.39, 0.29) is 5.91 Å². The number of rotatable bonds is 9. The van der Waals surface area contributed by atoms with E-state index in [9.17, 15) is 13.2 Å². The Kier molecular flexibility index (Phi) is 8.79. The van der Waals surface area contributed by atoms with Crippen molar-refractivity contribution in [3.63, 3.8) is 0 Å². The molecule has 1 atom stereocenters. The zero-order valence-corrected chi connectivity index (χ0v) is 21.3. The lowest BCUT2D eigenvalue weighted by atomic mass is 10.0. The van der Waals surface area contributed by atoms with Gasteiger partial charge in [0.15, 0.2) is 0 Å². The molecule has 1 heterocycles. The first-order chi connectivity index (χ1) is 15.7. The van der Waals surface area contributed by atoms with Gasteiger partial charge < -0.3 is 5.32 Å². The van der Waals surface area contributed by atoms with Crippen LogP contribution in [0.15, 0.2) is 42.5 Å². The normalized spacial score (nSPS) is 15.8. The molecular weight excluding hydrogens is 458 g/mol. The van der Waals surface area contributed by atoms with Gasteiger partial charge in [-0.25, -0.2) is 8.42 Å². The summed E-state index contributed by atoms with van der Waals surface area (Å²) in [5, 5.41) is 3.44. The number of carbonyl (C=O) groups excluding carboxylic acids is 1. The summed E-state index contributed by atoms with van der Waals surface area (Å²) in [5.41, 5.74) is 3.48. The van der Waals surface area contributed by atoms with Crippen LogP contribution >= 0.6 is 11.6 Å². The number of nitrogens with zero attached hydrogens (tertiary/aromatic N) is 2. The van der Waals surface area contributed by atoms with Crippen LogP contribution in [0.5, 0.6) is 0 Å². The summed E-state index contributed by atoms with van der Waals surface area (Å²) in [4.78, 5) is 15.7. The van der Waals surface area contributed by atoms with Crippen molar-refractivity contribution < 1.29 is 13.2 Å². The Morgan fingerprint density at radius 1 is 1.12 bits per heavy atom. The molecule has 1 fully saturated rings. The zero-order valence-electron chi connectivity index (χ0n) is 19.7. The van der Waals surface area contributed by atoms with Crippen molar-refractivity contribution in [3.8, 4) is 0 Å². The average Bonchev–Trinajstić information content (AvgIpc) is 2.78. The Morgan fingerprint density at radius 3 is 2.39 bits per heavy atom. The standard InChI is InChI=1S/C25H34ClN3O3S/c1-4-24(29(33(3,31)32)22-13-12-19(2)23(26)16-22)25(30)27-17-20-10-6-7-11-21(20)18-28-14-8-5-9-15-28/h6-7,10-13,16,24H,4-5,8-9,14-15,17-18H2,1-3H3,(H,27,30). The highest BCUT2D eigenvalue weighted by atomic mass is 35.5. The van der Waals surface area contributed by atoms with E-state index in [2.05, 4.69) is 16.3 Å². The van der Waals surface area contributed by atoms with Gasteiger partial charge in [-0.05, 0) is 68.1 Å². The van der Waals surface area contributed by atoms with Gasteiger partial charge in [0.05, 0.1) is 11.9 Å². The second kappa shape index (κ2) is 11.4. The lowest BCUT2D eigenvalue weighted by Gasteiger charge is -2.30. The number of sulfonamides is 1. The molecule has 1 N–H and O–H groups in total. The van der Waals surface area contributed by atoms with Gasteiger partial charge >= 0.3 is 0 Å². The van der Waals surface area contributed by atoms with Crippen molar-refractivity contribution in [3.05, 3.63) is 64.2 Å². The maximum atomic E-state index is 13.2. The zero-order chi connectivity index (χ0) is 24.0. The van der Waals surface area contributed by atoms with E-state index >= 15 is 0 Å². The van der Waals surface area contributed by atoms with Crippen molar-refractivity contribution in [2.24, 2.45) is 0 Å². The minimum atomic E-state index is -3.71. The van der Waals surface area contributed by atoms with Gasteiger partial charge in [-0.3, -0.25) is 14.0 Å². The molecule has 1 saturated heterocycles. The highest BCUT2D eigenvalue weighted by molar-refractivity contribution is 7.92. The molecule has 0 saturated carbocycles. The highest BCUT2D eigenvalue weighted by Crippen LogP contribution is 2.27. The number of hydrogen-bond donors (Lipinski definition) is 1. The van der Waals surface area contributed by atoms with Crippen LogP contribution in [0.3, 0.4) is 0 Å². The van der Waals surface area contributed by atoms with Crippen LogP contribution in [0.4, 0.5) is 5.69 Å². The molecular formula is C25H34ClN3O3S. The molecule has 0 aliphatic carbocycles. The number of nitrogens with one attached hydrogen (secondary N) is 1. The van der Waals surface area contributed by atoms with E-state index in [1.54, 1.807) is 18.2 Å². The van der Waals surface area contributed by atoms with Crippen LogP contribution in [0, 0.1) is 6.92 Å². The fraction of sp³-hybridized carbons (Fsp3) is 0.480. The Balaban J connectivity index is 1.77. The third kappa shape index (κ3) is 6.71. The molecule has 1 aliphatic rings. The second-order valence-electron chi connectivity index (χ2n) is 8.74. The lowest BCUT2D eigenvalue weighted by molar-refractivity contribution is -0.122. The maximum absolute atomic E-state index is 13.2. The summed E-state index contributed by atoms with van der Waals surface area (Å²) < 4.78 is 26.5. The SMILES string of the molecule is CCC(C(=O)NCc1ccccc1CN1CCCCC1)N(c1ccc(C)c(Cl)c1)S(C)(=O)=O. The number of benzene rings is 2. The van der Waals surface area contributed by atoms with E-state index in [4.69, 9.17) is 11.6 Å². The summed E-state index contributed by atoms with van der Waals surface area (Å²) in [6.07, 6.45) is 5.18. The first-order valence-corrected chi connectivity index (χ1v) is 13.8. The Bertz CT molecular complexity index is 1070. The Labute approximate surface area is 203 Å². The minimum Gasteiger partial charge on any atom is -0.350 e. The molecule has 2 aromatic carbocycles. The minimum absolute atomic E-state index is 0.326. The summed E-state index contributed by atoms with van der Waals surface area (Å²) >= 11 is 6.25. The fourth-order valence-electron chi connectivity index (χ4n) is 4.32. The highest BCUT2D eigenvalue weighted by Gasteiger charge is 2.31. The molecule has 3 rings (SSSR count). The molecule has 8 heteroatoms. The van der Waals surface area contributed by atoms with Crippen molar-refractivity contribution in [2.45, 2.75) is 58.7 Å². The smallest absolute Gasteiger partial charge is 0.244 e. The van der Waals surface area contributed by atoms with Gasteiger partial charge in [0.1, 0.15) is 6.04 Å². The summed E-state index contributed by atoms with van der Waals surface area (Å²) in [6, 6.07) is 12.3. The van der Waals surface area contributed by atoms with Gasteiger partial charge in [0, 0.05) is 18.1 Å². The first-order valence-electron chi connectivity index (χ1n) is 11.5. The van der Waals surface area contributed by atoms with Gasteiger partial charge in [-0.15, -0.1) is 0 Å². The Hall–Kier alpha value is -2.09. The number of hydrogen-bond acceptors (Lipinski definition) is 4. The molecule has 6 nitrogen and oxygen atoms in total. The summed E-state index contributed by atoms with van der Waals surface area (Å²) in [6.45, 7) is 7.07. The molecule has 0 aromatic heterocycles. The summed E-state index contributed by atoms with van der Waals surface area (Å²) in [7, 11) is -3.71. The molecule has 1 amide bonds. The topological polar surface area (TPSA) is 69.7 Å². The molecule has 2 aromatic rings. The molecule has 180 valence electrons. The molecule has 0 radical (unpaired) electrons. The van der Waals surface area contributed by atoms with Crippen molar-refractivity contribution in [1.82, 2.24) is 10.2 Å². The predicted octanol–water partition coefficient (Wildman–Crippen LogP) is 4.50. The number of likely N-dealkylation sites (tertiary alicyclic amines) is 1. The number of halogens is 1. The summed E-state index contributed by atoms with van der Waals surface area (Å²) in [5.74, 6) is -0.326. The van der Waals surface area contributed by atoms with Gasteiger partial charge in [-0.2, -0.15) is 0 Å². The predicted molar refractivity (Wildman–Crippen MR) is 135 cm³/mol. The third-order valence-electron chi connectivity index (χ3n) is 6.15. The number of aryl methyl sites for hydroxylation is 1. The van der Waals surface area contributed by atoms with Crippen LogP contribution < -0.4 is 9.62 Å². The molecule has 33 heavy (non-hydrogen) atoms. The van der Waals surface area contributed by atoms with Crippen molar-refractivity contribution >= 4 is 33.2 Å². The maximum Gasteiger partial charge on any atom is 0.244 e. The third-order valence-corrected chi connectivity index (χ3v) is 7.74. The fourth-order valence-corrected chi connectivity index (χ4v) is 5.70. The van der Waals surface area contributed by atoms with E-state index in [0.717, 1.165) is 37.0 Å². The molecule has 1 unspecified atom stereocenters. The number of piperidine rings is 1. The molecule has 0 bridgehead atoms. The van der Waals surface area contributed by atoms with Crippen molar-refractivity contribution in [1.29, 1.82) is 0 Å². The van der Waals surface area contributed by atoms with Gasteiger partial charge in [-0.1, -0.05) is 55.3 Å². The monoisotopic (exact) mass is 491 g/mol. The van der Waals surface area contributed by atoms with E-state index < -0.39 is 16.1 Å². The van der Waals surface area contributed by atoms with E-state index in [1.165, 1.54) is 29.1 Å². The largest absolute Gasteiger partial charge is 0.350 e. The molecule has 1 aliphatic heterocycles. The van der Waals surface area contributed by atoms with Gasteiger partial charge in [0.25, 0.3) is 0 Å². The van der Waals surface area contributed by atoms with Crippen LogP contribution in [0.2, 0.25) is 5.02 Å². The lowest BCUT2D eigenvalue weighted by Crippen LogP contribution is -2.49. The number of anilines is 1. The second-order valence-corrected chi connectivity index (χ2v) is 11.0. The Morgan fingerprint density at radius 2 is 1.79 bits per heavy atom. The van der Waals surface area contributed by atoms with Crippen LogP contribution in [0.1, 0.15) is 49.3 Å². The average molecular weight is 492 g/mol. The van der Waals surface area contributed by atoms with Crippen LogP contribution in [0.25, 0.3) is 0 Å². The van der Waals surface area contributed by atoms with Gasteiger partial charge in [0.2, 0.25) is 15.9 Å². The van der Waals surface area contributed by atoms with E-state index in [1.807, 2.05) is 32.0 Å². The quantitative estimate of drug-likeness (QED) is 0.561. The van der Waals surface area contributed by atoms with Crippen LogP contribution in [-0.2, 0) is 27.9 Å². The van der Waals surface area contributed by atoms with Crippen LogP contribution in [-0.4, -0.2) is 44.6 Å². The first kappa shape index (κ1) is 25.5. The van der Waals surface area contributed by atoms with E-state index in [0.29, 0.717) is 23.7 Å². The number of carbonyl (C=O) groups is 1. The van der Waals surface area contributed by atoms with Crippen molar-refractivity contribution in [2.75, 3.05) is 23.7 Å². The molecule has 0 spiro atoms. The number of amides is 1.